The maximum Gasteiger partial charge on any atom is 0.352 e. The highest BCUT2D eigenvalue weighted by molar-refractivity contribution is 5.94. The predicted octanol–water partition coefficient (Wildman–Crippen LogP) is 2.25. The second-order valence-electron chi connectivity index (χ2n) is 3.74. The Morgan fingerprint density at radius 2 is 2.19 bits per heavy atom. The van der Waals surface area contributed by atoms with Crippen molar-refractivity contribution >= 4 is 16.9 Å². The highest BCUT2D eigenvalue weighted by Gasteiger charge is 2.13. The summed E-state index contributed by atoms with van der Waals surface area (Å²) in [6.45, 7) is 2.22. The summed E-state index contributed by atoms with van der Waals surface area (Å²) in [5.41, 5.74) is 2.24. The summed E-state index contributed by atoms with van der Waals surface area (Å²) < 4.78 is 6.66. The molecule has 0 aliphatic carbocycles. The van der Waals surface area contributed by atoms with E-state index in [0.29, 0.717) is 0 Å². The monoisotopic (exact) mass is 219 g/mol. The number of methoxy groups -OCH3 is 1. The molecule has 0 radical (unpaired) electrons. The number of fused-ring (bicyclic) bond motifs is 1. The molecule has 84 valence electrons. The molecule has 0 amide bonds. The molecule has 0 aliphatic rings. The Bertz CT molecular complexity index is 542. The lowest BCUT2D eigenvalue weighted by atomic mass is 10.2. The van der Waals surface area contributed by atoms with E-state index in [9.17, 15) is 4.79 Å². The fraction of sp³-hybridized carbons (Fsp3) is 0.250. The van der Waals surface area contributed by atoms with E-state index in [1.165, 1.54) is 0 Å². The number of aryl methyl sites for hydroxylation is 1. The molecular weight excluding hydrogens is 206 g/mol. The van der Waals surface area contributed by atoms with Crippen molar-refractivity contribution in [1.82, 2.24) is 4.57 Å². The minimum Gasteiger partial charge on any atom is -0.477 e. The number of carboxylic acids is 1. The van der Waals surface area contributed by atoms with E-state index in [-0.39, 0.29) is 12.4 Å². The van der Waals surface area contributed by atoms with E-state index in [0.717, 1.165) is 16.5 Å². The number of carboxylic acid groups (broad SMARTS) is 1. The van der Waals surface area contributed by atoms with Crippen LogP contribution in [0.1, 0.15) is 16.1 Å². The van der Waals surface area contributed by atoms with Crippen LogP contribution >= 0.6 is 0 Å². The lowest BCUT2D eigenvalue weighted by molar-refractivity contribution is 0.0664. The van der Waals surface area contributed by atoms with Gasteiger partial charge in [-0.1, -0.05) is 11.6 Å². The zero-order valence-corrected chi connectivity index (χ0v) is 9.23. The summed E-state index contributed by atoms with van der Waals surface area (Å²) in [6, 6.07) is 7.51. The zero-order valence-electron chi connectivity index (χ0n) is 9.23. The molecule has 0 saturated heterocycles. The van der Waals surface area contributed by atoms with Gasteiger partial charge in [0.2, 0.25) is 0 Å². The van der Waals surface area contributed by atoms with Crippen molar-refractivity contribution < 1.29 is 14.6 Å². The number of hydrogen-bond donors (Lipinski definition) is 1. The van der Waals surface area contributed by atoms with E-state index in [2.05, 4.69) is 0 Å². The molecule has 4 heteroatoms. The molecule has 1 N–H and O–H groups in total. The van der Waals surface area contributed by atoms with Crippen molar-refractivity contribution in [2.24, 2.45) is 0 Å². The smallest absolute Gasteiger partial charge is 0.352 e. The molecule has 0 atom stereocenters. The van der Waals surface area contributed by atoms with Crippen LogP contribution in [0.15, 0.2) is 24.3 Å². The SMILES string of the molecule is COCn1c(C(=O)O)cc2cc(C)ccc21. The number of benzene rings is 1. The second kappa shape index (κ2) is 3.98. The van der Waals surface area contributed by atoms with Gasteiger partial charge in [0, 0.05) is 12.5 Å². The minimum atomic E-state index is -0.939. The average molecular weight is 219 g/mol. The van der Waals surface area contributed by atoms with E-state index in [1.54, 1.807) is 17.7 Å². The van der Waals surface area contributed by atoms with E-state index >= 15 is 0 Å². The Morgan fingerprint density at radius 1 is 1.44 bits per heavy atom. The van der Waals surface area contributed by atoms with Crippen LogP contribution in [-0.2, 0) is 11.5 Å². The maximum absolute atomic E-state index is 11.1. The third-order valence-electron chi connectivity index (χ3n) is 2.53. The van der Waals surface area contributed by atoms with Gasteiger partial charge in [0.15, 0.2) is 0 Å². The summed E-state index contributed by atoms with van der Waals surface area (Å²) in [6.07, 6.45) is 0. The van der Waals surface area contributed by atoms with Gasteiger partial charge < -0.3 is 14.4 Å². The van der Waals surface area contributed by atoms with Crippen LogP contribution in [0.4, 0.5) is 0 Å². The molecule has 1 aromatic carbocycles. The fourth-order valence-corrected chi connectivity index (χ4v) is 1.84. The Labute approximate surface area is 93.1 Å². The first-order valence-corrected chi connectivity index (χ1v) is 4.95. The molecule has 0 unspecified atom stereocenters. The van der Waals surface area contributed by atoms with Gasteiger partial charge in [0.25, 0.3) is 0 Å². The Hall–Kier alpha value is -1.81. The predicted molar refractivity (Wildman–Crippen MR) is 60.6 cm³/mol. The lowest BCUT2D eigenvalue weighted by Gasteiger charge is -2.06. The third kappa shape index (κ3) is 1.67. The van der Waals surface area contributed by atoms with Crippen LogP contribution < -0.4 is 0 Å². The summed E-state index contributed by atoms with van der Waals surface area (Å²) in [4.78, 5) is 11.1. The second-order valence-corrected chi connectivity index (χ2v) is 3.74. The standard InChI is InChI=1S/C12H13NO3/c1-8-3-4-10-9(5-8)6-11(12(14)15)13(10)7-16-2/h3-6H,7H2,1-2H3,(H,14,15). The van der Waals surface area contributed by atoms with Crippen LogP contribution in [0.3, 0.4) is 0 Å². The van der Waals surface area contributed by atoms with Crippen LogP contribution in [0.25, 0.3) is 10.9 Å². The molecule has 0 aliphatic heterocycles. The van der Waals surface area contributed by atoms with Crippen LogP contribution in [0.5, 0.6) is 0 Å². The summed E-state index contributed by atoms with van der Waals surface area (Å²) >= 11 is 0. The van der Waals surface area contributed by atoms with Gasteiger partial charge in [-0.3, -0.25) is 0 Å². The minimum absolute atomic E-state index is 0.244. The first-order chi connectivity index (χ1) is 7.63. The number of aromatic carboxylic acids is 1. The highest BCUT2D eigenvalue weighted by atomic mass is 16.5. The summed E-state index contributed by atoms with van der Waals surface area (Å²) in [5, 5.41) is 10.0. The highest BCUT2D eigenvalue weighted by Crippen LogP contribution is 2.21. The summed E-state index contributed by atoms with van der Waals surface area (Å²) in [7, 11) is 1.55. The number of ether oxygens (including phenoxy) is 1. The molecule has 4 nitrogen and oxygen atoms in total. The molecule has 1 heterocycles. The number of rotatable bonds is 3. The number of nitrogens with zero attached hydrogens (tertiary/aromatic N) is 1. The molecule has 0 saturated carbocycles. The fourth-order valence-electron chi connectivity index (χ4n) is 1.84. The molecule has 2 aromatic rings. The van der Waals surface area contributed by atoms with Crippen molar-refractivity contribution in [3.05, 3.63) is 35.5 Å². The first kappa shape index (κ1) is 10.7. The van der Waals surface area contributed by atoms with Crippen molar-refractivity contribution in [2.45, 2.75) is 13.7 Å². The van der Waals surface area contributed by atoms with Crippen molar-refractivity contribution in [1.29, 1.82) is 0 Å². The van der Waals surface area contributed by atoms with Crippen molar-refractivity contribution in [3.63, 3.8) is 0 Å². The van der Waals surface area contributed by atoms with Gasteiger partial charge in [-0.05, 0) is 25.1 Å². The largest absolute Gasteiger partial charge is 0.477 e. The lowest BCUT2D eigenvalue weighted by Crippen LogP contribution is -2.09. The molecular formula is C12H13NO3. The number of aromatic nitrogens is 1. The normalized spacial score (nSPS) is 10.9. The van der Waals surface area contributed by atoms with Gasteiger partial charge in [-0.15, -0.1) is 0 Å². The van der Waals surface area contributed by atoms with Crippen LogP contribution in [0.2, 0.25) is 0 Å². The molecule has 0 fully saturated rings. The molecule has 0 spiro atoms. The van der Waals surface area contributed by atoms with Crippen LogP contribution in [-0.4, -0.2) is 22.8 Å². The molecule has 1 aromatic heterocycles. The van der Waals surface area contributed by atoms with Crippen molar-refractivity contribution in [2.75, 3.05) is 7.11 Å². The van der Waals surface area contributed by atoms with E-state index in [4.69, 9.17) is 9.84 Å². The van der Waals surface area contributed by atoms with E-state index in [1.807, 2.05) is 25.1 Å². The topological polar surface area (TPSA) is 51.5 Å². The molecule has 16 heavy (non-hydrogen) atoms. The molecule has 0 bridgehead atoms. The maximum atomic E-state index is 11.1. The van der Waals surface area contributed by atoms with Gasteiger partial charge in [-0.2, -0.15) is 0 Å². The molecule has 2 rings (SSSR count). The van der Waals surface area contributed by atoms with Gasteiger partial charge in [-0.25, -0.2) is 4.79 Å². The number of carbonyl (C=O) groups is 1. The Balaban J connectivity index is 2.70. The quantitative estimate of drug-likeness (QED) is 0.861. The van der Waals surface area contributed by atoms with Crippen LogP contribution in [0, 0.1) is 6.92 Å². The first-order valence-electron chi connectivity index (χ1n) is 4.95. The number of hydrogen-bond acceptors (Lipinski definition) is 2. The van der Waals surface area contributed by atoms with E-state index < -0.39 is 5.97 Å². The zero-order chi connectivity index (χ0) is 11.7. The van der Waals surface area contributed by atoms with Gasteiger partial charge in [0.1, 0.15) is 12.4 Å². The average Bonchev–Trinajstić information content (AvgIpc) is 2.57. The van der Waals surface area contributed by atoms with Crippen molar-refractivity contribution in [3.8, 4) is 0 Å². The van der Waals surface area contributed by atoms with Gasteiger partial charge in [0.05, 0.1) is 5.52 Å². The Kier molecular flexibility index (Phi) is 2.66. The summed E-state index contributed by atoms with van der Waals surface area (Å²) in [5.74, 6) is -0.939. The van der Waals surface area contributed by atoms with Gasteiger partial charge >= 0.3 is 5.97 Å². The Morgan fingerprint density at radius 3 is 2.81 bits per heavy atom. The third-order valence-corrected chi connectivity index (χ3v) is 2.53.